The summed E-state index contributed by atoms with van der Waals surface area (Å²) in [6.45, 7) is 10.3. The van der Waals surface area contributed by atoms with Crippen molar-refractivity contribution in [3.8, 4) is 0 Å². The van der Waals surface area contributed by atoms with E-state index >= 15 is 0 Å². The van der Waals surface area contributed by atoms with E-state index in [1.165, 1.54) is 154 Å². The van der Waals surface area contributed by atoms with Crippen LogP contribution in [0.2, 0.25) is 0 Å². The van der Waals surface area contributed by atoms with Crippen molar-refractivity contribution in [2.45, 2.75) is 232 Å². The van der Waals surface area contributed by atoms with Gasteiger partial charge in [0.2, 0.25) is 11.8 Å². The average molecular weight is 705 g/mol. The lowest BCUT2D eigenvalue weighted by atomic mass is 10.1. The average Bonchev–Trinajstić information content (AvgIpc) is 4.06. The van der Waals surface area contributed by atoms with Gasteiger partial charge in [-0.1, -0.05) is 155 Å². The van der Waals surface area contributed by atoms with Gasteiger partial charge in [-0.15, -0.1) is 0 Å². The molecule has 2 unspecified atom stereocenters. The van der Waals surface area contributed by atoms with Crippen LogP contribution in [-0.4, -0.2) is 73.2 Å². The number of nitrogens with zero attached hydrogens (tertiary/aromatic N) is 2. The molecule has 0 N–H and O–H groups in total. The van der Waals surface area contributed by atoms with Gasteiger partial charge in [-0.3, -0.25) is 9.59 Å². The molecule has 2 amide bonds. The van der Waals surface area contributed by atoms with E-state index in [-0.39, 0.29) is 0 Å². The molecule has 0 radical (unpaired) electrons. The first-order chi connectivity index (χ1) is 24.6. The highest BCUT2D eigenvalue weighted by Gasteiger charge is 2.21. The van der Waals surface area contributed by atoms with Gasteiger partial charge in [-0.25, -0.2) is 0 Å². The second-order valence-corrected chi connectivity index (χ2v) is 15.9. The fourth-order valence-electron chi connectivity index (χ4n) is 7.34. The van der Waals surface area contributed by atoms with E-state index in [4.69, 9.17) is 9.47 Å². The van der Waals surface area contributed by atoms with Crippen LogP contribution in [-0.2, 0) is 19.1 Å². The summed E-state index contributed by atoms with van der Waals surface area (Å²) in [6.07, 6.45) is 39.7. The Morgan fingerprint density at radius 3 is 0.960 bits per heavy atom. The van der Waals surface area contributed by atoms with Crippen LogP contribution in [0.25, 0.3) is 0 Å². The van der Waals surface area contributed by atoms with E-state index in [1.807, 2.05) is 0 Å². The van der Waals surface area contributed by atoms with Crippen LogP contribution in [0.4, 0.5) is 0 Å². The first-order valence-corrected chi connectivity index (χ1v) is 22.4. The highest BCUT2D eigenvalue weighted by atomic mass is 16.6. The minimum absolute atomic E-state index is 0.399. The van der Waals surface area contributed by atoms with Gasteiger partial charge in [0.1, 0.15) is 0 Å². The second-order valence-electron chi connectivity index (χ2n) is 15.9. The molecule has 50 heavy (non-hydrogen) atoms. The lowest BCUT2D eigenvalue weighted by molar-refractivity contribution is -0.132. The summed E-state index contributed by atoms with van der Waals surface area (Å²) in [4.78, 5) is 30.6. The standard InChI is InChI=1S/C44H84N2O4/c1-3-5-7-27-35-45(43(47)33-25-19-13-11-17-23-31-41-39-49-41)37-29-21-15-9-10-16-22-30-38-46(36-28-8-6-4-2)44(48)34-26-20-14-12-18-24-32-42-40-50-42/h41-42H,3-40H2,1-2H3. The molecule has 0 aromatic heterocycles. The fourth-order valence-corrected chi connectivity index (χ4v) is 7.34. The monoisotopic (exact) mass is 705 g/mol. The molecule has 2 rings (SSSR count). The lowest BCUT2D eigenvalue weighted by Gasteiger charge is -2.23. The molecule has 2 atom stereocenters. The topological polar surface area (TPSA) is 65.7 Å². The van der Waals surface area contributed by atoms with Crippen molar-refractivity contribution in [2.75, 3.05) is 39.4 Å². The molecule has 0 aromatic carbocycles. The number of hydrogen-bond acceptors (Lipinski definition) is 4. The lowest BCUT2D eigenvalue weighted by Crippen LogP contribution is -2.32. The molecule has 6 heteroatoms. The van der Waals surface area contributed by atoms with Crippen LogP contribution >= 0.6 is 0 Å². The van der Waals surface area contributed by atoms with Gasteiger partial charge < -0.3 is 19.3 Å². The van der Waals surface area contributed by atoms with Crippen molar-refractivity contribution in [1.82, 2.24) is 9.80 Å². The maximum atomic E-state index is 13.1. The third kappa shape index (κ3) is 27.5. The maximum absolute atomic E-state index is 13.1. The summed E-state index contributed by atoms with van der Waals surface area (Å²) >= 11 is 0. The van der Waals surface area contributed by atoms with Crippen LogP contribution in [0.1, 0.15) is 219 Å². The molecule has 2 fully saturated rings. The predicted molar refractivity (Wildman–Crippen MR) is 212 cm³/mol. The Morgan fingerprint density at radius 2 is 0.660 bits per heavy atom. The van der Waals surface area contributed by atoms with Crippen molar-refractivity contribution in [3.63, 3.8) is 0 Å². The molecule has 0 aliphatic carbocycles. The van der Waals surface area contributed by atoms with Gasteiger partial charge in [-0.05, 0) is 51.4 Å². The molecule has 2 saturated heterocycles. The highest BCUT2D eigenvalue weighted by molar-refractivity contribution is 5.76. The van der Waals surface area contributed by atoms with Gasteiger partial charge in [0, 0.05) is 39.0 Å². The number of carbonyl (C=O) groups is 2. The van der Waals surface area contributed by atoms with Crippen molar-refractivity contribution >= 4 is 11.8 Å². The Hall–Kier alpha value is -1.14. The summed E-state index contributed by atoms with van der Waals surface area (Å²) in [5.74, 6) is 0.798. The van der Waals surface area contributed by atoms with Crippen LogP contribution in [0.5, 0.6) is 0 Å². The molecular formula is C44H84N2O4. The molecule has 2 aliphatic heterocycles. The Balaban J connectivity index is 1.50. The number of amides is 2. The molecule has 0 aromatic rings. The third-order valence-electron chi connectivity index (χ3n) is 11.0. The molecule has 6 nitrogen and oxygen atoms in total. The molecule has 2 heterocycles. The Labute approximate surface area is 310 Å². The van der Waals surface area contributed by atoms with Crippen LogP contribution in [0.15, 0.2) is 0 Å². The fraction of sp³-hybridized carbons (Fsp3) is 0.955. The first-order valence-electron chi connectivity index (χ1n) is 22.4. The minimum Gasteiger partial charge on any atom is -0.373 e. The molecule has 2 aliphatic rings. The summed E-state index contributed by atoms with van der Waals surface area (Å²) in [7, 11) is 0. The van der Waals surface area contributed by atoms with E-state index < -0.39 is 0 Å². The van der Waals surface area contributed by atoms with Gasteiger partial charge in [-0.2, -0.15) is 0 Å². The quantitative estimate of drug-likeness (QED) is 0.0472. The van der Waals surface area contributed by atoms with Crippen molar-refractivity contribution in [2.24, 2.45) is 0 Å². The zero-order chi connectivity index (χ0) is 35.7. The first kappa shape index (κ1) is 45.0. The zero-order valence-corrected chi connectivity index (χ0v) is 33.6. The molecule has 0 spiro atoms. The Bertz CT molecular complexity index is 720. The number of unbranched alkanes of at least 4 members (excludes halogenated alkanes) is 23. The highest BCUT2D eigenvalue weighted by Crippen LogP contribution is 2.20. The molecular weight excluding hydrogens is 620 g/mol. The number of epoxide rings is 2. The van der Waals surface area contributed by atoms with E-state index in [9.17, 15) is 9.59 Å². The number of hydrogen-bond donors (Lipinski definition) is 0. The van der Waals surface area contributed by atoms with Crippen LogP contribution in [0, 0.1) is 0 Å². The third-order valence-corrected chi connectivity index (χ3v) is 11.0. The summed E-state index contributed by atoms with van der Waals surface area (Å²) in [5.41, 5.74) is 0. The minimum atomic E-state index is 0.399. The summed E-state index contributed by atoms with van der Waals surface area (Å²) in [5, 5.41) is 0. The largest absolute Gasteiger partial charge is 0.373 e. The molecule has 0 saturated carbocycles. The van der Waals surface area contributed by atoms with E-state index in [0.29, 0.717) is 24.0 Å². The molecule has 0 bridgehead atoms. The van der Waals surface area contributed by atoms with Gasteiger partial charge in [0.25, 0.3) is 0 Å². The normalized spacial score (nSPS) is 16.5. The van der Waals surface area contributed by atoms with Gasteiger partial charge in [0.05, 0.1) is 25.4 Å². The van der Waals surface area contributed by atoms with Crippen LogP contribution in [0.3, 0.4) is 0 Å². The van der Waals surface area contributed by atoms with E-state index in [1.54, 1.807) is 0 Å². The van der Waals surface area contributed by atoms with Crippen LogP contribution < -0.4 is 0 Å². The second kappa shape index (κ2) is 32.5. The molecule has 294 valence electrons. The predicted octanol–water partition coefficient (Wildman–Crippen LogP) is 12.0. The van der Waals surface area contributed by atoms with Crippen molar-refractivity contribution in [1.29, 1.82) is 0 Å². The smallest absolute Gasteiger partial charge is 0.222 e. The number of carbonyl (C=O) groups excluding carboxylic acids is 2. The number of ether oxygens (including phenoxy) is 2. The van der Waals surface area contributed by atoms with Gasteiger partial charge >= 0.3 is 0 Å². The van der Waals surface area contributed by atoms with Crippen molar-refractivity contribution in [3.05, 3.63) is 0 Å². The summed E-state index contributed by atoms with van der Waals surface area (Å²) in [6, 6.07) is 0. The van der Waals surface area contributed by atoms with Gasteiger partial charge in [0.15, 0.2) is 0 Å². The van der Waals surface area contributed by atoms with E-state index in [2.05, 4.69) is 23.6 Å². The SMILES string of the molecule is CCCCCCN(CCCCCCCCCCN(CCCCCC)C(=O)CCCCCCCCC1CO1)C(=O)CCCCCCCCC1CO1. The van der Waals surface area contributed by atoms with E-state index in [0.717, 1.165) is 90.8 Å². The maximum Gasteiger partial charge on any atom is 0.222 e. The zero-order valence-electron chi connectivity index (χ0n) is 33.6. The van der Waals surface area contributed by atoms with Crippen molar-refractivity contribution < 1.29 is 19.1 Å². The Kier molecular flexibility index (Phi) is 29.3. The summed E-state index contributed by atoms with van der Waals surface area (Å²) < 4.78 is 10.6. The Morgan fingerprint density at radius 1 is 0.400 bits per heavy atom. The number of rotatable bonds is 39.